The molecule has 1 saturated heterocycles. The van der Waals surface area contributed by atoms with Crippen LogP contribution >= 0.6 is 23.1 Å². The normalized spacial score (nSPS) is 19.4. The number of fused-ring (bicyclic) bond motifs is 2. The van der Waals surface area contributed by atoms with E-state index in [2.05, 4.69) is 27.6 Å². The highest BCUT2D eigenvalue weighted by Gasteiger charge is 2.55. The van der Waals surface area contributed by atoms with Crippen LogP contribution in [0.4, 0.5) is 5.13 Å². The Bertz CT molecular complexity index is 1560. The van der Waals surface area contributed by atoms with Crippen molar-refractivity contribution in [3.63, 3.8) is 0 Å². The molecule has 0 spiro atoms. The number of oxime groups is 1. The molecule has 0 radical (unpaired) electrons. The van der Waals surface area contributed by atoms with E-state index in [-0.39, 0.29) is 22.2 Å². The van der Waals surface area contributed by atoms with Gasteiger partial charge >= 0.3 is 5.97 Å². The summed E-state index contributed by atoms with van der Waals surface area (Å²) in [5.74, 6) is -1.97. The minimum atomic E-state index is -1.19. The minimum Gasteiger partial charge on any atom is -0.477 e. The molecule has 2 aromatic heterocycles. The Labute approximate surface area is 225 Å². The smallest absolute Gasteiger partial charge is 0.352 e. The highest BCUT2D eigenvalue weighted by molar-refractivity contribution is 8.00. The molecular formula is C24H26N7O5S2+. The second-order valence-electron chi connectivity index (χ2n) is 9.08. The zero-order valence-corrected chi connectivity index (χ0v) is 22.7. The van der Waals surface area contributed by atoms with Crippen LogP contribution in [0.15, 0.2) is 40.1 Å². The first-order valence-electron chi connectivity index (χ1n) is 11.6. The number of aryl methyl sites for hydroxylation is 3. The highest BCUT2D eigenvalue weighted by Crippen LogP contribution is 2.40. The quantitative estimate of drug-likeness (QED) is 0.168. The number of hydrogen-bond acceptors (Lipinski definition) is 9. The molecular weight excluding hydrogens is 530 g/mol. The predicted molar refractivity (Wildman–Crippen MR) is 142 cm³/mol. The number of benzene rings is 1. The lowest BCUT2D eigenvalue weighted by Gasteiger charge is -2.49. The van der Waals surface area contributed by atoms with Crippen LogP contribution in [0.1, 0.15) is 16.8 Å². The van der Waals surface area contributed by atoms with Gasteiger partial charge in [-0.2, -0.15) is 4.68 Å². The fraction of sp³-hybridized carbons (Fsp3) is 0.333. The number of carbonyl (C=O) groups is 3. The minimum absolute atomic E-state index is 0.0482. The summed E-state index contributed by atoms with van der Waals surface area (Å²) in [6.07, 6.45) is 2.00. The third-order valence-corrected chi connectivity index (χ3v) is 8.59. The molecule has 3 aromatic rings. The largest absolute Gasteiger partial charge is 0.477 e. The van der Waals surface area contributed by atoms with Crippen molar-refractivity contribution in [2.75, 3.05) is 18.6 Å². The van der Waals surface area contributed by atoms with E-state index < -0.39 is 29.2 Å². The maximum absolute atomic E-state index is 13.1. The van der Waals surface area contributed by atoms with Crippen molar-refractivity contribution in [1.82, 2.24) is 19.9 Å². The SMILES string of the molecule is CO/N=C(\C(=O)N[C@@H]1C(=O)N2C(C(=O)O)=C(C[n+]3cc4c(C)cc(C)cc4n3C)CS[C@H]12)c1csc(N)n1. The average molecular weight is 557 g/mol. The number of nitrogen functional groups attached to an aromatic ring is 1. The molecule has 0 aliphatic carbocycles. The van der Waals surface area contributed by atoms with Crippen LogP contribution in [0.2, 0.25) is 0 Å². The van der Waals surface area contributed by atoms with Crippen molar-refractivity contribution < 1.29 is 29.0 Å². The van der Waals surface area contributed by atoms with Gasteiger partial charge in [0.15, 0.2) is 17.4 Å². The number of carboxylic acids is 1. The van der Waals surface area contributed by atoms with Crippen LogP contribution < -0.4 is 15.7 Å². The van der Waals surface area contributed by atoms with Crippen LogP contribution in [0.5, 0.6) is 0 Å². The number of anilines is 1. The lowest BCUT2D eigenvalue weighted by atomic mass is 10.0. The maximum Gasteiger partial charge on any atom is 0.352 e. The average Bonchev–Trinajstić information content (AvgIpc) is 3.43. The second-order valence-corrected chi connectivity index (χ2v) is 11.1. The van der Waals surface area contributed by atoms with Gasteiger partial charge in [0.1, 0.15) is 35.4 Å². The van der Waals surface area contributed by atoms with Gasteiger partial charge in [-0.3, -0.25) is 14.5 Å². The van der Waals surface area contributed by atoms with Gasteiger partial charge in [0.25, 0.3) is 11.8 Å². The second kappa shape index (κ2) is 9.76. The van der Waals surface area contributed by atoms with Gasteiger partial charge in [0.2, 0.25) is 6.20 Å². The Morgan fingerprint density at radius 3 is 2.79 bits per heavy atom. The highest BCUT2D eigenvalue weighted by atomic mass is 32.2. The summed E-state index contributed by atoms with van der Waals surface area (Å²) < 4.78 is 3.94. The molecule has 38 heavy (non-hydrogen) atoms. The lowest BCUT2D eigenvalue weighted by molar-refractivity contribution is -0.764. The molecule has 12 nitrogen and oxygen atoms in total. The van der Waals surface area contributed by atoms with Gasteiger partial charge in [0, 0.05) is 16.7 Å². The molecule has 4 N–H and O–H groups in total. The van der Waals surface area contributed by atoms with Crippen LogP contribution in [-0.2, 0) is 32.8 Å². The molecule has 1 fully saturated rings. The number of amides is 2. The van der Waals surface area contributed by atoms with Crippen molar-refractivity contribution in [3.05, 3.63) is 51.8 Å². The topological polar surface area (TPSA) is 156 Å². The van der Waals surface area contributed by atoms with Gasteiger partial charge in [0.05, 0.1) is 12.4 Å². The summed E-state index contributed by atoms with van der Waals surface area (Å²) in [5.41, 5.74) is 9.64. The molecule has 0 unspecified atom stereocenters. The zero-order chi connectivity index (χ0) is 27.3. The number of thiazole rings is 1. The molecule has 2 amide bonds. The summed E-state index contributed by atoms with van der Waals surface area (Å²) >= 11 is 2.54. The van der Waals surface area contributed by atoms with E-state index in [9.17, 15) is 19.5 Å². The van der Waals surface area contributed by atoms with Gasteiger partial charge < -0.3 is 21.0 Å². The number of aromatic nitrogens is 3. The molecule has 2 aliphatic rings. The number of hydrogen-bond donors (Lipinski definition) is 3. The van der Waals surface area contributed by atoms with E-state index >= 15 is 0 Å². The Kier molecular flexibility index (Phi) is 6.61. The summed E-state index contributed by atoms with van der Waals surface area (Å²) in [6.45, 7) is 4.39. The van der Waals surface area contributed by atoms with Crippen LogP contribution in [0.3, 0.4) is 0 Å². The number of nitrogens with zero attached hydrogens (tertiary/aromatic N) is 5. The van der Waals surface area contributed by atoms with Crippen LogP contribution in [-0.4, -0.2) is 67.4 Å². The predicted octanol–water partition coefficient (Wildman–Crippen LogP) is 0.911. The number of β-lactam (4-membered cyclic amide) rings is 1. The van der Waals surface area contributed by atoms with Crippen molar-refractivity contribution in [2.45, 2.75) is 31.8 Å². The van der Waals surface area contributed by atoms with Crippen molar-refractivity contribution in [1.29, 1.82) is 0 Å². The van der Waals surface area contributed by atoms with E-state index in [0.717, 1.165) is 33.4 Å². The molecule has 198 valence electrons. The Morgan fingerprint density at radius 1 is 1.37 bits per heavy atom. The number of nitrogens with one attached hydrogen (secondary N) is 1. The molecule has 14 heteroatoms. The Morgan fingerprint density at radius 2 is 2.13 bits per heavy atom. The van der Waals surface area contributed by atoms with Crippen molar-refractivity contribution >= 4 is 62.6 Å². The van der Waals surface area contributed by atoms with Crippen LogP contribution in [0.25, 0.3) is 10.9 Å². The van der Waals surface area contributed by atoms with Crippen molar-refractivity contribution in [3.8, 4) is 0 Å². The summed E-state index contributed by atoms with van der Waals surface area (Å²) in [5, 5.41) is 18.8. The fourth-order valence-corrected chi connectivity index (χ4v) is 6.70. The van der Waals surface area contributed by atoms with E-state index in [4.69, 9.17) is 10.6 Å². The van der Waals surface area contributed by atoms with Crippen molar-refractivity contribution in [2.24, 2.45) is 12.2 Å². The number of carbonyl (C=O) groups excluding carboxylic acids is 2. The third-order valence-electron chi connectivity index (χ3n) is 6.57. The Balaban J connectivity index is 1.39. The van der Waals surface area contributed by atoms with Crippen LogP contribution in [0, 0.1) is 13.8 Å². The first-order chi connectivity index (χ1) is 18.1. The molecule has 0 bridgehead atoms. The molecule has 2 aliphatic heterocycles. The van der Waals surface area contributed by atoms with Gasteiger partial charge in [-0.05, 0) is 31.0 Å². The number of aliphatic carboxylic acids is 1. The third kappa shape index (κ3) is 4.28. The summed E-state index contributed by atoms with van der Waals surface area (Å²) in [6, 6.07) is 3.27. The van der Waals surface area contributed by atoms with E-state index in [1.54, 1.807) is 5.38 Å². The standard InChI is InChI=1S/C24H25N7O5S2/c1-11-5-12(2)14-8-30(29(3)16(14)6-11)7-13-9-37-22-18(21(33)31(22)19(13)23(34)35)27-20(32)17(28-36-4)15-10-38-24(25)26-15/h5-6,8,10,18,22H,7,9H2,1-4H3,(H3-,25,26,27,32,34,35)/p+1/b28-17-/t18-,22-/m1/s1. The first kappa shape index (κ1) is 25.7. The number of carboxylic acid groups (broad SMARTS) is 1. The van der Waals surface area contributed by atoms with Gasteiger partial charge in [-0.25, -0.2) is 9.78 Å². The Hall–Kier alpha value is -3.91. The molecule has 1 aromatic carbocycles. The summed E-state index contributed by atoms with van der Waals surface area (Å²) in [7, 11) is 3.22. The zero-order valence-electron chi connectivity index (χ0n) is 21.1. The first-order valence-corrected chi connectivity index (χ1v) is 13.5. The van der Waals surface area contributed by atoms with Gasteiger partial charge in [-0.1, -0.05) is 11.2 Å². The van der Waals surface area contributed by atoms with E-state index in [0.29, 0.717) is 17.9 Å². The van der Waals surface area contributed by atoms with E-state index in [1.165, 1.54) is 23.8 Å². The summed E-state index contributed by atoms with van der Waals surface area (Å²) in [4.78, 5) is 48.5. The lowest BCUT2D eigenvalue weighted by Crippen LogP contribution is -2.71. The monoisotopic (exact) mass is 556 g/mol. The fourth-order valence-electron chi connectivity index (χ4n) is 4.82. The molecule has 5 rings (SSSR count). The molecule has 0 saturated carbocycles. The number of thioether (sulfide) groups is 1. The number of nitrogens with two attached hydrogens (primary N) is 1. The number of rotatable bonds is 7. The molecule has 2 atom stereocenters. The van der Waals surface area contributed by atoms with Gasteiger partial charge in [-0.15, -0.1) is 27.8 Å². The molecule has 4 heterocycles. The maximum atomic E-state index is 13.1. The van der Waals surface area contributed by atoms with E-state index in [1.807, 2.05) is 36.5 Å².